The Morgan fingerprint density at radius 1 is 0.870 bits per heavy atom. The first-order valence-corrected chi connectivity index (χ1v) is 16.3. The molecule has 5 rings (SSSR count). The lowest BCUT2D eigenvalue weighted by Crippen LogP contribution is -2.30. The van der Waals surface area contributed by atoms with Crippen molar-refractivity contribution in [3.63, 3.8) is 0 Å². The third-order valence-corrected chi connectivity index (χ3v) is 9.46. The summed E-state index contributed by atoms with van der Waals surface area (Å²) in [7, 11) is -2.35. The van der Waals surface area contributed by atoms with Crippen LogP contribution in [0.15, 0.2) is 111 Å². The molecule has 0 radical (unpaired) electrons. The Bertz CT molecular complexity index is 1900. The molecule has 1 aliphatic heterocycles. The largest absolute Gasteiger partial charge is 0.497 e. The number of furan rings is 1. The van der Waals surface area contributed by atoms with Crippen LogP contribution in [0.3, 0.4) is 0 Å². The van der Waals surface area contributed by atoms with Crippen molar-refractivity contribution in [2.75, 3.05) is 18.6 Å². The number of allylic oxidation sites excluding steroid dienone is 1. The van der Waals surface area contributed by atoms with E-state index in [0.29, 0.717) is 22.9 Å². The number of benzene rings is 3. The van der Waals surface area contributed by atoms with Gasteiger partial charge in [-0.3, -0.25) is 9.69 Å². The number of hydrogen-bond acceptors (Lipinski definition) is 7. The molecule has 238 valence electrons. The third kappa shape index (κ3) is 6.83. The average Bonchev–Trinajstić information content (AvgIpc) is 3.58. The Hall–Kier alpha value is -4.93. The van der Waals surface area contributed by atoms with Crippen LogP contribution < -0.4 is 9.64 Å². The van der Waals surface area contributed by atoms with Crippen molar-refractivity contribution in [2.45, 2.75) is 45.7 Å². The number of methoxy groups -OCH3 is 1. The van der Waals surface area contributed by atoms with Gasteiger partial charge < -0.3 is 13.9 Å². The van der Waals surface area contributed by atoms with E-state index < -0.39 is 21.9 Å². The molecule has 4 aromatic rings. The van der Waals surface area contributed by atoms with Crippen LogP contribution in [-0.2, 0) is 37.4 Å². The molecule has 0 bridgehead atoms. The van der Waals surface area contributed by atoms with Gasteiger partial charge in [0.2, 0.25) is 10.0 Å². The summed E-state index contributed by atoms with van der Waals surface area (Å²) in [6.45, 7) is 7.45. The van der Waals surface area contributed by atoms with E-state index in [4.69, 9.17) is 13.9 Å². The number of nitrogens with zero attached hydrogens (tertiary/aromatic N) is 2. The first-order valence-electron chi connectivity index (χ1n) is 14.8. The zero-order valence-corrected chi connectivity index (χ0v) is 27.3. The Morgan fingerprint density at radius 3 is 2.11 bits per heavy atom. The quantitative estimate of drug-likeness (QED) is 0.135. The van der Waals surface area contributed by atoms with E-state index >= 15 is 0 Å². The normalized spacial score (nSPS) is 14.4. The van der Waals surface area contributed by atoms with Crippen LogP contribution in [0.2, 0.25) is 0 Å². The molecule has 10 heteroatoms. The van der Waals surface area contributed by atoms with Gasteiger partial charge in [0.15, 0.2) is 0 Å². The molecule has 0 saturated carbocycles. The van der Waals surface area contributed by atoms with E-state index in [2.05, 4.69) is 0 Å². The van der Waals surface area contributed by atoms with Crippen molar-refractivity contribution in [3.05, 3.63) is 130 Å². The lowest BCUT2D eigenvalue weighted by molar-refractivity contribution is -0.138. The third-order valence-electron chi connectivity index (χ3n) is 7.65. The summed E-state index contributed by atoms with van der Waals surface area (Å²) in [5, 5.41) is 0. The molecule has 0 fully saturated rings. The number of aryl methyl sites for hydroxylation is 2. The van der Waals surface area contributed by atoms with Gasteiger partial charge in [-0.25, -0.2) is 13.2 Å². The van der Waals surface area contributed by atoms with Gasteiger partial charge in [0, 0.05) is 17.9 Å². The first kappa shape index (κ1) is 32.5. The number of esters is 1. The number of sulfonamides is 1. The fourth-order valence-electron chi connectivity index (χ4n) is 5.18. The standard InChI is InChI=1S/C36H36N2O7S/c1-6-44-36(40)34-26(4)38(28-13-15-29(43-5)16-14-28)35(39)33(34)21-30-17-18-31(45-30)23-37(22-27-11-7-24(2)8-12-27)46(41,42)32-19-9-25(3)10-20-32/h7-21H,6,22-23H2,1-5H3/b33-21+. The lowest BCUT2D eigenvalue weighted by atomic mass is 10.1. The van der Waals surface area contributed by atoms with Crippen molar-refractivity contribution in [1.82, 2.24) is 4.31 Å². The monoisotopic (exact) mass is 640 g/mol. The maximum Gasteiger partial charge on any atom is 0.340 e. The second-order valence-corrected chi connectivity index (χ2v) is 12.9. The van der Waals surface area contributed by atoms with E-state index in [-0.39, 0.29) is 41.5 Å². The summed E-state index contributed by atoms with van der Waals surface area (Å²) in [4.78, 5) is 28.5. The number of ether oxygens (including phenoxy) is 2. The maximum absolute atomic E-state index is 13.8. The van der Waals surface area contributed by atoms with Crippen LogP contribution in [-0.4, -0.2) is 38.3 Å². The van der Waals surface area contributed by atoms with E-state index in [9.17, 15) is 18.0 Å². The highest BCUT2D eigenvalue weighted by Gasteiger charge is 2.38. The molecule has 46 heavy (non-hydrogen) atoms. The van der Waals surface area contributed by atoms with Crippen LogP contribution in [0.25, 0.3) is 6.08 Å². The fraction of sp³-hybridized carbons (Fsp3) is 0.222. The molecule has 1 aromatic heterocycles. The highest BCUT2D eigenvalue weighted by atomic mass is 32.2. The predicted octanol–water partition coefficient (Wildman–Crippen LogP) is 6.56. The van der Waals surface area contributed by atoms with Gasteiger partial charge >= 0.3 is 5.97 Å². The number of rotatable bonds is 11. The highest BCUT2D eigenvalue weighted by molar-refractivity contribution is 7.89. The lowest BCUT2D eigenvalue weighted by Gasteiger charge is -2.21. The topological polar surface area (TPSA) is 106 Å². The Kier molecular flexibility index (Phi) is 9.60. The van der Waals surface area contributed by atoms with Gasteiger partial charge in [-0.2, -0.15) is 4.31 Å². The molecule has 0 unspecified atom stereocenters. The van der Waals surface area contributed by atoms with Crippen molar-refractivity contribution in [3.8, 4) is 5.75 Å². The van der Waals surface area contributed by atoms with Gasteiger partial charge in [0.25, 0.3) is 5.91 Å². The number of carbonyl (C=O) groups excluding carboxylic acids is 2. The summed E-state index contributed by atoms with van der Waals surface area (Å²) in [6.07, 6.45) is 1.49. The van der Waals surface area contributed by atoms with Gasteiger partial charge in [-0.05, 0) is 87.9 Å². The molecule has 1 amide bonds. The number of anilines is 1. The Labute approximate surface area is 269 Å². The molecule has 0 spiro atoms. The van der Waals surface area contributed by atoms with Gasteiger partial charge in [-0.15, -0.1) is 0 Å². The van der Waals surface area contributed by atoms with Crippen LogP contribution in [0.5, 0.6) is 5.75 Å². The van der Waals surface area contributed by atoms with E-state index in [1.165, 1.54) is 15.3 Å². The second-order valence-electron chi connectivity index (χ2n) is 11.0. The molecule has 3 aromatic carbocycles. The predicted molar refractivity (Wildman–Crippen MR) is 175 cm³/mol. The van der Waals surface area contributed by atoms with E-state index in [1.54, 1.807) is 81.6 Å². The van der Waals surface area contributed by atoms with Gasteiger partial charge in [-0.1, -0.05) is 47.5 Å². The van der Waals surface area contributed by atoms with Gasteiger partial charge in [0.05, 0.1) is 36.3 Å². The fourth-order valence-corrected chi connectivity index (χ4v) is 6.57. The van der Waals surface area contributed by atoms with Crippen molar-refractivity contribution in [1.29, 1.82) is 0 Å². The van der Waals surface area contributed by atoms with Crippen LogP contribution in [0.4, 0.5) is 5.69 Å². The van der Waals surface area contributed by atoms with Crippen molar-refractivity contribution in [2.24, 2.45) is 0 Å². The van der Waals surface area contributed by atoms with Crippen molar-refractivity contribution < 1.29 is 31.9 Å². The molecule has 1 aliphatic rings. The number of hydrogen-bond donors (Lipinski definition) is 0. The Morgan fingerprint density at radius 2 is 1.50 bits per heavy atom. The van der Waals surface area contributed by atoms with Crippen LogP contribution >= 0.6 is 0 Å². The molecule has 0 atom stereocenters. The summed E-state index contributed by atoms with van der Waals surface area (Å²) in [6, 6.07) is 24.6. The van der Waals surface area contributed by atoms with E-state index in [1.807, 2.05) is 38.1 Å². The molecular formula is C36H36N2O7S. The van der Waals surface area contributed by atoms with E-state index in [0.717, 1.165) is 16.7 Å². The molecule has 0 N–H and O–H groups in total. The van der Waals surface area contributed by atoms with Crippen LogP contribution in [0, 0.1) is 13.8 Å². The van der Waals surface area contributed by atoms with Crippen LogP contribution in [0.1, 0.15) is 42.1 Å². The molecule has 9 nitrogen and oxygen atoms in total. The minimum atomic E-state index is -3.90. The highest BCUT2D eigenvalue weighted by Crippen LogP contribution is 2.36. The summed E-state index contributed by atoms with van der Waals surface area (Å²) >= 11 is 0. The van der Waals surface area contributed by atoms with Crippen molar-refractivity contribution >= 4 is 33.7 Å². The minimum Gasteiger partial charge on any atom is -0.497 e. The second kappa shape index (κ2) is 13.6. The van der Waals surface area contributed by atoms with Gasteiger partial charge in [0.1, 0.15) is 17.3 Å². The molecular weight excluding hydrogens is 604 g/mol. The first-order chi connectivity index (χ1) is 22.0. The minimum absolute atomic E-state index is 0.0568. The zero-order chi connectivity index (χ0) is 33.0. The Balaban J connectivity index is 1.48. The summed E-state index contributed by atoms with van der Waals surface area (Å²) in [5.74, 6) is 0.225. The molecule has 0 saturated heterocycles. The maximum atomic E-state index is 13.8. The number of carbonyl (C=O) groups is 2. The summed E-state index contributed by atoms with van der Waals surface area (Å²) < 4.78 is 45.6. The average molecular weight is 641 g/mol. The smallest absolute Gasteiger partial charge is 0.340 e. The summed E-state index contributed by atoms with van der Waals surface area (Å²) in [5.41, 5.74) is 4.05. The number of amides is 1. The zero-order valence-electron chi connectivity index (χ0n) is 26.4. The SMILES string of the molecule is CCOC(=O)C1=C(C)N(c2ccc(OC)cc2)C(=O)/C1=C/c1ccc(CN(Cc2ccc(C)cc2)S(=O)(=O)c2ccc(C)cc2)o1. The molecule has 2 heterocycles. The molecule has 0 aliphatic carbocycles.